The fourth-order valence-electron chi connectivity index (χ4n) is 2.68. The van der Waals surface area contributed by atoms with Gasteiger partial charge in [-0.3, -0.25) is 4.79 Å². The lowest BCUT2D eigenvalue weighted by Gasteiger charge is -2.29. The Hall–Kier alpha value is -1.04. The Balaban J connectivity index is 2.16. The van der Waals surface area contributed by atoms with E-state index in [9.17, 15) is 18.0 Å². The van der Waals surface area contributed by atoms with Crippen LogP contribution in [0.25, 0.3) is 0 Å². The highest BCUT2D eigenvalue weighted by Gasteiger charge is 2.43. The third kappa shape index (κ3) is 3.34. The minimum absolute atomic E-state index is 0.112. The van der Waals surface area contributed by atoms with Crippen LogP contribution in [0.2, 0.25) is 0 Å². The molecule has 110 valence electrons. The predicted molar refractivity (Wildman–Crippen MR) is 74.4 cm³/mol. The number of anilines is 1. The highest BCUT2D eigenvalue weighted by molar-refractivity contribution is 9.10. The summed E-state index contributed by atoms with van der Waals surface area (Å²) in [6.07, 6.45) is -3.25. The number of benzene rings is 1. The van der Waals surface area contributed by atoms with Crippen LogP contribution < -0.4 is 5.73 Å². The maximum Gasteiger partial charge on any atom is 0.391 e. The summed E-state index contributed by atoms with van der Waals surface area (Å²) in [6.45, 7) is 0. The van der Waals surface area contributed by atoms with Crippen LogP contribution in [0.5, 0.6) is 0 Å². The van der Waals surface area contributed by atoms with Crippen LogP contribution in [-0.2, 0) is 0 Å². The first-order valence-electron chi connectivity index (χ1n) is 6.45. The fraction of sp³-hybridized carbons (Fsp3) is 0.500. The second-order valence-corrected chi connectivity index (χ2v) is 6.06. The molecule has 1 aliphatic rings. The summed E-state index contributed by atoms with van der Waals surface area (Å²) < 4.78 is 38.9. The molecule has 2 N–H and O–H groups in total. The maximum absolute atomic E-state index is 12.8. The predicted octanol–water partition coefficient (Wildman–Crippen LogP) is 4.58. The lowest BCUT2D eigenvalue weighted by Crippen LogP contribution is -2.31. The molecule has 0 aromatic heterocycles. The molecule has 2 nitrogen and oxygen atoms in total. The van der Waals surface area contributed by atoms with E-state index >= 15 is 0 Å². The number of rotatable bonds is 2. The van der Waals surface area contributed by atoms with Crippen molar-refractivity contribution < 1.29 is 18.0 Å². The average Bonchev–Trinajstić information content (AvgIpc) is 2.37. The smallest absolute Gasteiger partial charge is 0.391 e. The summed E-state index contributed by atoms with van der Waals surface area (Å²) >= 11 is 3.25. The van der Waals surface area contributed by atoms with Crippen molar-refractivity contribution in [3.63, 3.8) is 0 Å². The number of hydrogen-bond acceptors (Lipinski definition) is 2. The van der Waals surface area contributed by atoms with Crippen LogP contribution in [0, 0.1) is 11.8 Å². The first kappa shape index (κ1) is 15.4. The lowest BCUT2D eigenvalue weighted by atomic mass is 9.77. The molecule has 0 heterocycles. The van der Waals surface area contributed by atoms with Gasteiger partial charge < -0.3 is 5.73 Å². The maximum atomic E-state index is 12.8. The third-order valence-electron chi connectivity index (χ3n) is 3.77. The highest BCUT2D eigenvalue weighted by atomic mass is 79.9. The summed E-state index contributed by atoms with van der Waals surface area (Å²) in [5.41, 5.74) is 6.51. The van der Waals surface area contributed by atoms with E-state index in [2.05, 4.69) is 15.9 Å². The number of Topliss-reactive ketones (excluding diaryl/α,β-unsaturated/α-hetero) is 1. The minimum Gasteiger partial charge on any atom is -0.399 e. The molecule has 2 unspecified atom stereocenters. The quantitative estimate of drug-likeness (QED) is 0.627. The number of hydrogen-bond donors (Lipinski definition) is 1. The molecule has 0 amide bonds. The molecule has 0 saturated heterocycles. The Morgan fingerprint density at radius 2 is 2.00 bits per heavy atom. The van der Waals surface area contributed by atoms with E-state index < -0.39 is 18.0 Å². The molecule has 1 saturated carbocycles. The summed E-state index contributed by atoms with van der Waals surface area (Å²) in [5.74, 6) is -2.15. The van der Waals surface area contributed by atoms with Crippen LogP contribution in [-0.4, -0.2) is 12.0 Å². The van der Waals surface area contributed by atoms with Gasteiger partial charge in [-0.1, -0.05) is 6.42 Å². The first-order chi connectivity index (χ1) is 9.29. The van der Waals surface area contributed by atoms with Crippen molar-refractivity contribution in [1.29, 1.82) is 0 Å². The van der Waals surface area contributed by atoms with E-state index in [4.69, 9.17) is 5.73 Å². The van der Waals surface area contributed by atoms with Crippen molar-refractivity contribution in [2.45, 2.75) is 31.9 Å². The summed E-state index contributed by atoms with van der Waals surface area (Å²) in [4.78, 5) is 12.4. The first-order valence-corrected chi connectivity index (χ1v) is 7.24. The SMILES string of the molecule is Nc1ccc(C(=O)C2CCCC(C(F)(F)F)C2)c(Br)c1. The van der Waals surface area contributed by atoms with Crippen LogP contribution in [0.1, 0.15) is 36.0 Å². The molecule has 1 fully saturated rings. The van der Waals surface area contributed by atoms with Gasteiger partial charge in [0.2, 0.25) is 0 Å². The number of halogens is 4. The number of ketones is 1. The second-order valence-electron chi connectivity index (χ2n) is 5.21. The van der Waals surface area contributed by atoms with Gasteiger partial charge in [0, 0.05) is 21.6 Å². The van der Waals surface area contributed by atoms with Gasteiger partial charge >= 0.3 is 6.18 Å². The summed E-state index contributed by atoms with van der Waals surface area (Å²) in [5, 5.41) is 0. The zero-order valence-corrected chi connectivity index (χ0v) is 12.3. The Kier molecular flexibility index (Phi) is 4.42. The molecule has 2 rings (SSSR count). The lowest BCUT2D eigenvalue weighted by molar-refractivity contribution is -0.184. The molecule has 0 aliphatic heterocycles. The normalized spacial score (nSPS) is 23.6. The zero-order chi connectivity index (χ0) is 14.9. The molecule has 20 heavy (non-hydrogen) atoms. The van der Waals surface area contributed by atoms with Gasteiger partial charge in [0.1, 0.15) is 0 Å². The molecule has 1 aromatic rings. The van der Waals surface area contributed by atoms with E-state index in [1.54, 1.807) is 18.2 Å². The number of nitrogens with two attached hydrogens (primary N) is 1. The average molecular weight is 350 g/mol. The van der Waals surface area contributed by atoms with Gasteiger partial charge in [0.05, 0.1) is 5.92 Å². The Labute approximate surface area is 123 Å². The molecule has 0 radical (unpaired) electrons. The number of alkyl halides is 3. The number of carbonyl (C=O) groups is 1. The van der Waals surface area contributed by atoms with Gasteiger partial charge in [0.15, 0.2) is 5.78 Å². The number of carbonyl (C=O) groups excluding carboxylic acids is 1. The van der Waals surface area contributed by atoms with E-state index in [0.29, 0.717) is 28.6 Å². The highest BCUT2D eigenvalue weighted by Crippen LogP contribution is 2.41. The largest absolute Gasteiger partial charge is 0.399 e. The standard InChI is InChI=1S/C14H15BrF3NO/c15-12-7-10(19)4-5-11(12)13(20)8-2-1-3-9(6-8)14(16,17)18/h4-5,7-9H,1-3,6,19H2. The molecular weight excluding hydrogens is 335 g/mol. The van der Waals surface area contributed by atoms with Crippen molar-refractivity contribution >= 4 is 27.4 Å². The van der Waals surface area contributed by atoms with E-state index in [-0.39, 0.29) is 18.6 Å². The van der Waals surface area contributed by atoms with Gasteiger partial charge in [-0.05, 0) is 53.4 Å². The van der Waals surface area contributed by atoms with Gasteiger partial charge in [0.25, 0.3) is 0 Å². The molecule has 2 atom stereocenters. The fourth-order valence-corrected chi connectivity index (χ4v) is 3.27. The molecule has 1 aromatic carbocycles. The van der Waals surface area contributed by atoms with Crippen molar-refractivity contribution in [3.05, 3.63) is 28.2 Å². The minimum atomic E-state index is -4.21. The number of nitrogen functional groups attached to an aromatic ring is 1. The molecule has 6 heteroatoms. The summed E-state index contributed by atoms with van der Waals surface area (Å²) in [6, 6.07) is 4.75. The van der Waals surface area contributed by atoms with Crippen LogP contribution >= 0.6 is 15.9 Å². The van der Waals surface area contributed by atoms with Crippen molar-refractivity contribution in [1.82, 2.24) is 0 Å². The Morgan fingerprint density at radius 3 is 2.60 bits per heavy atom. The van der Waals surface area contributed by atoms with Crippen molar-refractivity contribution in [3.8, 4) is 0 Å². The van der Waals surface area contributed by atoms with Crippen LogP contribution in [0.15, 0.2) is 22.7 Å². The molecule has 0 bridgehead atoms. The van der Waals surface area contributed by atoms with E-state index in [1.807, 2.05) is 0 Å². The van der Waals surface area contributed by atoms with E-state index in [1.165, 1.54) is 0 Å². The Bertz CT molecular complexity index is 516. The zero-order valence-electron chi connectivity index (χ0n) is 10.7. The summed E-state index contributed by atoms with van der Waals surface area (Å²) in [7, 11) is 0. The van der Waals surface area contributed by atoms with Crippen molar-refractivity contribution in [2.24, 2.45) is 11.8 Å². The van der Waals surface area contributed by atoms with E-state index in [0.717, 1.165) is 0 Å². The van der Waals surface area contributed by atoms with Gasteiger partial charge in [-0.2, -0.15) is 13.2 Å². The molecular formula is C14H15BrF3NO. The molecule has 1 aliphatic carbocycles. The third-order valence-corrected chi connectivity index (χ3v) is 4.42. The Morgan fingerprint density at radius 1 is 1.30 bits per heavy atom. The topological polar surface area (TPSA) is 43.1 Å². The van der Waals surface area contributed by atoms with Gasteiger partial charge in [-0.25, -0.2) is 0 Å². The second kappa shape index (κ2) is 5.76. The van der Waals surface area contributed by atoms with Crippen LogP contribution in [0.4, 0.5) is 18.9 Å². The molecule has 0 spiro atoms. The van der Waals surface area contributed by atoms with Gasteiger partial charge in [-0.15, -0.1) is 0 Å². The van der Waals surface area contributed by atoms with Crippen molar-refractivity contribution in [2.75, 3.05) is 5.73 Å². The van der Waals surface area contributed by atoms with Crippen LogP contribution in [0.3, 0.4) is 0 Å². The monoisotopic (exact) mass is 349 g/mol.